The molecule has 0 radical (unpaired) electrons. The third kappa shape index (κ3) is 3.12. The third-order valence-electron chi connectivity index (χ3n) is 5.49. The number of carbonyl (C=O) groups excluding carboxylic acids is 1. The molecule has 2 aliphatic rings. The Balaban J connectivity index is 1.60. The first-order valence-electron chi connectivity index (χ1n) is 8.74. The van der Waals surface area contributed by atoms with E-state index in [-0.39, 0.29) is 17.2 Å². The Hall–Kier alpha value is -2.04. The maximum absolute atomic E-state index is 12.4. The summed E-state index contributed by atoms with van der Waals surface area (Å²) >= 11 is 0. The maximum Gasteiger partial charge on any atom is 0.244 e. The summed E-state index contributed by atoms with van der Waals surface area (Å²) in [6.45, 7) is 4.73. The normalized spacial score (nSPS) is 28.3. The highest BCUT2D eigenvalue weighted by atomic mass is 16.5. The Morgan fingerprint density at radius 2 is 2.25 bits per heavy atom. The number of methoxy groups -OCH3 is 1. The van der Waals surface area contributed by atoms with Crippen molar-refractivity contribution in [2.75, 3.05) is 13.7 Å². The number of fused-ring (bicyclic) bond motifs is 1. The molecule has 1 aromatic carbocycles. The van der Waals surface area contributed by atoms with Gasteiger partial charge in [-0.25, -0.2) is 5.43 Å². The highest BCUT2D eigenvalue weighted by Crippen LogP contribution is 2.66. The number of nitrogens with one attached hydrogen (secondary N) is 1. The van der Waals surface area contributed by atoms with Crippen molar-refractivity contribution >= 4 is 12.1 Å². The number of benzene rings is 1. The van der Waals surface area contributed by atoms with E-state index in [0.29, 0.717) is 24.0 Å². The van der Waals surface area contributed by atoms with Crippen LogP contribution in [-0.2, 0) is 4.79 Å². The summed E-state index contributed by atoms with van der Waals surface area (Å²) in [4.78, 5) is 12.4. The zero-order valence-electron chi connectivity index (χ0n) is 14.7. The van der Waals surface area contributed by atoms with Gasteiger partial charge in [-0.15, -0.1) is 0 Å². The third-order valence-corrected chi connectivity index (χ3v) is 5.49. The predicted octanol–water partition coefficient (Wildman–Crippen LogP) is 3.37. The minimum absolute atomic E-state index is 0.0548. The lowest BCUT2D eigenvalue weighted by Crippen LogP contribution is -2.22. The molecule has 0 heterocycles. The number of hydrazone groups is 1. The van der Waals surface area contributed by atoms with Crippen LogP contribution in [-0.4, -0.2) is 25.8 Å². The fourth-order valence-electron chi connectivity index (χ4n) is 4.13. The van der Waals surface area contributed by atoms with Crippen LogP contribution in [0.4, 0.5) is 0 Å². The van der Waals surface area contributed by atoms with Crippen molar-refractivity contribution in [2.24, 2.45) is 22.4 Å². The molecule has 0 unspecified atom stereocenters. The second kappa shape index (κ2) is 6.83. The fraction of sp³-hybridized carbons (Fsp3) is 0.579. The largest absolute Gasteiger partial charge is 0.493 e. The van der Waals surface area contributed by atoms with Crippen LogP contribution in [0.1, 0.15) is 45.1 Å². The maximum atomic E-state index is 12.4. The van der Waals surface area contributed by atoms with Gasteiger partial charge in [-0.3, -0.25) is 4.79 Å². The second-order valence-corrected chi connectivity index (χ2v) is 6.91. The summed E-state index contributed by atoms with van der Waals surface area (Å²) in [5.41, 5.74) is 3.78. The highest BCUT2D eigenvalue weighted by molar-refractivity contribution is 5.86. The first-order valence-corrected chi connectivity index (χ1v) is 8.74. The highest BCUT2D eigenvalue weighted by Gasteiger charge is 2.64. The number of hydrogen-bond donors (Lipinski definition) is 1. The van der Waals surface area contributed by atoms with Crippen LogP contribution in [0, 0.1) is 17.3 Å². The van der Waals surface area contributed by atoms with E-state index in [2.05, 4.69) is 17.5 Å². The molecule has 0 spiro atoms. The molecule has 2 aliphatic carbocycles. The quantitative estimate of drug-likeness (QED) is 0.642. The Morgan fingerprint density at radius 1 is 1.42 bits per heavy atom. The Labute approximate surface area is 143 Å². The minimum Gasteiger partial charge on any atom is -0.493 e. The van der Waals surface area contributed by atoms with Crippen molar-refractivity contribution < 1.29 is 14.3 Å². The average molecular weight is 330 g/mol. The van der Waals surface area contributed by atoms with Gasteiger partial charge in [0.1, 0.15) is 0 Å². The van der Waals surface area contributed by atoms with Gasteiger partial charge in [0.25, 0.3) is 0 Å². The van der Waals surface area contributed by atoms with Crippen LogP contribution < -0.4 is 14.9 Å². The molecule has 1 aromatic rings. The van der Waals surface area contributed by atoms with E-state index < -0.39 is 0 Å². The van der Waals surface area contributed by atoms with E-state index in [9.17, 15) is 4.79 Å². The van der Waals surface area contributed by atoms with Crippen molar-refractivity contribution in [1.29, 1.82) is 0 Å². The number of ether oxygens (including phenoxy) is 2. The molecule has 3 rings (SSSR count). The van der Waals surface area contributed by atoms with Gasteiger partial charge in [-0.1, -0.05) is 19.8 Å². The van der Waals surface area contributed by atoms with Crippen LogP contribution in [0.2, 0.25) is 0 Å². The van der Waals surface area contributed by atoms with Gasteiger partial charge < -0.3 is 9.47 Å². The molecule has 0 aromatic heterocycles. The van der Waals surface area contributed by atoms with Crippen molar-refractivity contribution in [2.45, 2.75) is 39.5 Å². The summed E-state index contributed by atoms with van der Waals surface area (Å²) in [6, 6.07) is 5.58. The second-order valence-electron chi connectivity index (χ2n) is 6.91. The molecule has 0 bridgehead atoms. The smallest absolute Gasteiger partial charge is 0.244 e. The summed E-state index contributed by atoms with van der Waals surface area (Å²) in [5, 5.41) is 4.13. The van der Waals surface area contributed by atoms with Gasteiger partial charge in [-0.05, 0) is 54.9 Å². The minimum atomic E-state index is 0.0548. The molecule has 0 saturated heterocycles. The van der Waals surface area contributed by atoms with Gasteiger partial charge >= 0.3 is 0 Å². The lowest BCUT2D eigenvalue weighted by molar-refractivity contribution is -0.123. The topological polar surface area (TPSA) is 59.9 Å². The van der Waals surface area contributed by atoms with Crippen molar-refractivity contribution in [3.8, 4) is 11.5 Å². The first kappa shape index (κ1) is 16.8. The van der Waals surface area contributed by atoms with Gasteiger partial charge in [0, 0.05) is 5.92 Å². The summed E-state index contributed by atoms with van der Waals surface area (Å²) < 4.78 is 10.8. The molecule has 24 heavy (non-hydrogen) atoms. The van der Waals surface area contributed by atoms with E-state index >= 15 is 0 Å². The molecule has 1 amide bonds. The van der Waals surface area contributed by atoms with Crippen LogP contribution in [0.25, 0.3) is 0 Å². The van der Waals surface area contributed by atoms with E-state index in [4.69, 9.17) is 9.47 Å². The van der Waals surface area contributed by atoms with Crippen LogP contribution in [0.15, 0.2) is 23.3 Å². The summed E-state index contributed by atoms with van der Waals surface area (Å²) in [7, 11) is 1.61. The lowest BCUT2D eigenvalue weighted by atomic mass is 9.90. The van der Waals surface area contributed by atoms with E-state index in [1.807, 2.05) is 25.1 Å². The molecule has 130 valence electrons. The van der Waals surface area contributed by atoms with Crippen molar-refractivity contribution in [3.63, 3.8) is 0 Å². The standard InChI is InChI=1S/C19H26N2O3/c1-4-24-16-11-13(8-9-15(16)23-3)12-20-21-18(22)17-14-7-5-6-10-19(14,17)2/h8-9,11-12,14,17H,4-7,10H2,1-3H3,(H,21,22)/b20-12-/t14-,17+,19-/m1/s1. The number of amides is 1. The zero-order valence-corrected chi connectivity index (χ0v) is 14.7. The van der Waals surface area contributed by atoms with Gasteiger partial charge in [0.15, 0.2) is 11.5 Å². The van der Waals surface area contributed by atoms with E-state index in [1.165, 1.54) is 19.3 Å². The fourth-order valence-corrected chi connectivity index (χ4v) is 4.13. The number of nitrogens with zero attached hydrogens (tertiary/aromatic N) is 1. The average Bonchev–Trinajstić information content (AvgIpc) is 3.21. The number of hydrogen-bond acceptors (Lipinski definition) is 4. The molecule has 2 saturated carbocycles. The van der Waals surface area contributed by atoms with Crippen LogP contribution in [0.5, 0.6) is 11.5 Å². The molecule has 5 heteroatoms. The molecule has 1 N–H and O–H groups in total. The predicted molar refractivity (Wildman–Crippen MR) is 93.5 cm³/mol. The Morgan fingerprint density at radius 3 is 2.92 bits per heavy atom. The van der Waals surface area contributed by atoms with Gasteiger partial charge in [-0.2, -0.15) is 5.10 Å². The van der Waals surface area contributed by atoms with Crippen LogP contribution in [0.3, 0.4) is 0 Å². The zero-order chi connectivity index (χ0) is 17.2. The molecule has 5 nitrogen and oxygen atoms in total. The molecule has 2 fully saturated rings. The first-order chi connectivity index (χ1) is 11.6. The SMILES string of the molecule is CCOc1cc(/C=N\NC(=O)[C@@H]2[C@H]3CCCC[C@]32C)ccc1OC. The molecular weight excluding hydrogens is 304 g/mol. The van der Waals surface area contributed by atoms with Gasteiger partial charge in [0.05, 0.1) is 19.9 Å². The van der Waals surface area contributed by atoms with Crippen LogP contribution >= 0.6 is 0 Å². The number of rotatable bonds is 6. The van der Waals surface area contributed by atoms with Gasteiger partial charge in [0.2, 0.25) is 5.91 Å². The Kier molecular flexibility index (Phi) is 4.78. The van der Waals surface area contributed by atoms with Crippen molar-refractivity contribution in [3.05, 3.63) is 23.8 Å². The molecular formula is C19H26N2O3. The summed E-state index contributed by atoms with van der Waals surface area (Å²) in [6.07, 6.45) is 6.48. The van der Waals surface area contributed by atoms with Crippen molar-refractivity contribution in [1.82, 2.24) is 5.43 Å². The summed E-state index contributed by atoms with van der Waals surface area (Å²) in [5.74, 6) is 2.10. The monoisotopic (exact) mass is 330 g/mol. The van der Waals surface area contributed by atoms with E-state index in [1.54, 1.807) is 13.3 Å². The van der Waals surface area contributed by atoms with E-state index in [0.717, 1.165) is 12.0 Å². The lowest BCUT2D eigenvalue weighted by Gasteiger charge is -2.15. The molecule has 3 atom stereocenters. The molecule has 0 aliphatic heterocycles. The Bertz CT molecular complexity index is 643. The number of carbonyl (C=O) groups is 1.